The zero-order chi connectivity index (χ0) is 31.2. The molecule has 0 aliphatic rings. The second kappa shape index (κ2) is 13.6. The summed E-state index contributed by atoms with van der Waals surface area (Å²) in [6.07, 6.45) is -4.57. The molecule has 3 aromatic carbocycles. The summed E-state index contributed by atoms with van der Waals surface area (Å²) in [6, 6.07) is 14.9. The summed E-state index contributed by atoms with van der Waals surface area (Å²) in [5, 5.41) is 3.11. The van der Waals surface area contributed by atoms with Crippen LogP contribution in [0.25, 0.3) is 0 Å². The van der Waals surface area contributed by atoms with Crippen LogP contribution in [0.4, 0.5) is 18.9 Å². The number of halogens is 4. The van der Waals surface area contributed by atoms with E-state index in [-0.39, 0.29) is 29.6 Å². The predicted octanol–water partition coefficient (Wildman–Crippen LogP) is 6.19. The van der Waals surface area contributed by atoms with E-state index >= 15 is 0 Å². The molecular formula is C30H33ClF3N3O4S. The summed E-state index contributed by atoms with van der Waals surface area (Å²) in [7, 11) is -4.52. The molecule has 226 valence electrons. The molecule has 0 heterocycles. The monoisotopic (exact) mass is 623 g/mol. The first-order valence-electron chi connectivity index (χ1n) is 13.2. The van der Waals surface area contributed by atoms with Crippen molar-refractivity contribution in [3.05, 3.63) is 94.5 Å². The first kappa shape index (κ1) is 32.9. The van der Waals surface area contributed by atoms with Crippen LogP contribution in [-0.2, 0) is 32.3 Å². The number of carbonyl (C=O) groups excluding carboxylic acids is 2. The molecule has 1 unspecified atom stereocenters. The van der Waals surface area contributed by atoms with Crippen molar-refractivity contribution in [2.75, 3.05) is 10.8 Å². The van der Waals surface area contributed by atoms with Crippen LogP contribution in [-0.4, -0.2) is 43.8 Å². The lowest BCUT2D eigenvalue weighted by molar-refractivity contribution is -0.140. The Bertz CT molecular complexity index is 1510. The largest absolute Gasteiger partial charge is 0.416 e. The van der Waals surface area contributed by atoms with Gasteiger partial charge in [-0.3, -0.25) is 13.9 Å². The number of nitrogens with zero attached hydrogens (tertiary/aromatic N) is 2. The third-order valence-corrected chi connectivity index (χ3v) is 8.62. The number of alkyl halides is 3. The number of nitrogens with one attached hydrogen (secondary N) is 1. The van der Waals surface area contributed by atoms with Crippen molar-refractivity contribution in [2.24, 2.45) is 0 Å². The molecule has 3 aromatic rings. The van der Waals surface area contributed by atoms with Crippen molar-refractivity contribution in [2.45, 2.75) is 63.8 Å². The van der Waals surface area contributed by atoms with E-state index in [1.54, 1.807) is 64.1 Å². The van der Waals surface area contributed by atoms with Gasteiger partial charge in [0.1, 0.15) is 12.6 Å². The maximum Gasteiger partial charge on any atom is 0.416 e. The maximum atomic E-state index is 14.0. The molecule has 0 saturated heterocycles. The molecule has 0 saturated carbocycles. The van der Waals surface area contributed by atoms with Gasteiger partial charge in [0.25, 0.3) is 10.0 Å². The van der Waals surface area contributed by atoms with Crippen molar-refractivity contribution in [3.8, 4) is 0 Å². The van der Waals surface area contributed by atoms with Crippen LogP contribution >= 0.6 is 11.6 Å². The van der Waals surface area contributed by atoms with Gasteiger partial charge in [-0.1, -0.05) is 60.5 Å². The van der Waals surface area contributed by atoms with E-state index in [0.29, 0.717) is 21.0 Å². The van der Waals surface area contributed by atoms with Crippen LogP contribution in [0.5, 0.6) is 0 Å². The molecule has 0 fully saturated rings. The molecule has 0 aromatic heterocycles. The Balaban J connectivity index is 2.14. The summed E-state index contributed by atoms with van der Waals surface area (Å²) < 4.78 is 69.2. The van der Waals surface area contributed by atoms with E-state index in [0.717, 1.165) is 17.7 Å². The summed E-state index contributed by atoms with van der Waals surface area (Å²) in [5.41, 5.74) is -0.151. The highest BCUT2D eigenvalue weighted by Gasteiger charge is 2.36. The van der Waals surface area contributed by atoms with Gasteiger partial charge >= 0.3 is 6.18 Å². The van der Waals surface area contributed by atoms with Gasteiger partial charge in [-0.2, -0.15) is 13.2 Å². The van der Waals surface area contributed by atoms with Gasteiger partial charge in [0.15, 0.2) is 0 Å². The van der Waals surface area contributed by atoms with Crippen molar-refractivity contribution < 1.29 is 31.2 Å². The van der Waals surface area contributed by atoms with Gasteiger partial charge in [0.05, 0.1) is 16.1 Å². The van der Waals surface area contributed by atoms with Crippen molar-refractivity contribution >= 4 is 39.1 Å². The SMILES string of the molecule is CCC(C(=O)NC(C)C)N(Cc1ccccc1Cl)C(=O)CN(c1cccc(C(F)(F)F)c1)S(=O)(=O)c1ccc(C)cc1. The number of aryl methyl sites for hydroxylation is 1. The van der Waals surface area contributed by atoms with E-state index < -0.39 is 46.2 Å². The Labute approximate surface area is 249 Å². The van der Waals surface area contributed by atoms with E-state index in [1.807, 2.05) is 0 Å². The average Bonchev–Trinajstić information content (AvgIpc) is 2.92. The number of benzene rings is 3. The third kappa shape index (κ3) is 8.04. The van der Waals surface area contributed by atoms with E-state index in [4.69, 9.17) is 11.6 Å². The molecule has 0 aliphatic carbocycles. The van der Waals surface area contributed by atoms with Crippen LogP contribution < -0.4 is 9.62 Å². The predicted molar refractivity (Wildman–Crippen MR) is 157 cm³/mol. The highest BCUT2D eigenvalue weighted by Crippen LogP contribution is 2.33. The fraction of sp³-hybridized carbons (Fsp3) is 0.333. The lowest BCUT2D eigenvalue weighted by atomic mass is 10.1. The van der Waals surface area contributed by atoms with Gasteiger partial charge in [0, 0.05) is 17.6 Å². The maximum absolute atomic E-state index is 14.0. The van der Waals surface area contributed by atoms with E-state index in [2.05, 4.69) is 5.32 Å². The van der Waals surface area contributed by atoms with Crippen LogP contribution in [0.15, 0.2) is 77.7 Å². The van der Waals surface area contributed by atoms with Gasteiger partial charge in [-0.05, 0) is 69.2 Å². The second-order valence-corrected chi connectivity index (χ2v) is 12.3. The molecule has 42 heavy (non-hydrogen) atoms. The minimum atomic E-state index is -4.75. The number of amides is 2. The molecule has 12 heteroatoms. The highest BCUT2D eigenvalue weighted by atomic mass is 35.5. The minimum Gasteiger partial charge on any atom is -0.352 e. The molecule has 0 aliphatic heterocycles. The summed E-state index contributed by atoms with van der Waals surface area (Å²) in [4.78, 5) is 28.2. The Hall–Kier alpha value is -3.57. The van der Waals surface area contributed by atoms with Crippen LogP contribution in [0.3, 0.4) is 0 Å². The van der Waals surface area contributed by atoms with Gasteiger partial charge in [0.2, 0.25) is 11.8 Å². The number of carbonyl (C=O) groups is 2. The quantitative estimate of drug-likeness (QED) is 0.276. The number of anilines is 1. The van der Waals surface area contributed by atoms with Gasteiger partial charge in [-0.15, -0.1) is 0 Å². The molecule has 0 bridgehead atoms. The van der Waals surface area contributed by atoms with Gasteiger partial charge < -0.3 is 10.2 Å². The van der Waals surface area contributed by atoms with Crippen LogP contribution in [0.2, 0.25) is 5.02 Å². The fourth-order valence-electron chi connectivity index (χ4n) is 4.31. The van der Waals surface area contributed by atoms with E-state index in [1.165, 1.54) is 23.1 Å². The topological polar surface area (TPSA) is 86.8 Å². The van der Waals surface area contributed by atoms with Crippen LogP contribution in [0, 0.1) is 6.92 Å². The summed E-state index contributed by atoms with van der Waals surface area (Å²) in [5.74, 6) is -1.26. The molecular weight excluding hydrogens is 591 g/mol. The molecule has 0 radical (unpaired) electrons. The molecule has 0 spiro atoms. The Morgan fingerprint density at radius 2 is 1.62 bits per heavy atom. The normalized spacial score (nSPS) is 12.6. The smallest absolute Gasteiger partial charge is 0.352 e. The van der Waals surface area contributed by atoms with Crippen LogP contribution in [0.1, 0.15) is 43.9 Å². The average molecular weight is 624 g/mol. The standard InChI is InChI=1S/C30H33ClF3N3O4S/c1-5-27(29(39)35-20(2)3)36(18-22-9-6-7-12-26(22)31)28(38)19-37(24-11-8-10-23(17-24)30(32,33)34)42(40,41)25-15-13-21(4)14-16-25/h6-17,20,27H,5,18-19H2,1-4H3,(H,35,39). The first-order chi connectivity index (χ1) is 19.6. The lowest BCUT2D eigenvalue weighted by Gasteiger charge is -2.33. The number of hydrogen-bond acceptors (Lipinski definition) is 4. The van der Waals surface area contributed by atoms with E-state index in [9.17, 15) is 31.2 Å². The Morgan fingerprint density at radius 1 is 0.976 bits per heavy atom. The molecule has 7 nitrogen and oxygen atoms in total. The summed E-state index contributed by atoms with van der Waals surface area (Å²) in [6.45, 7) is 5.97. The Kier molecular flexibility index (Phi) is 10.7. The minimum absolute atomic E-state index is 0.135. The molecule has 2 amide bonds. The zero-order valence-corrected chi connectivity index (χ0v) is 25.2. The second-order valence-electron chi connectivity index (χ2n) is 10.1. The number of sulfonamides is 1. The fourth-order valence-corrected chi connectivity index (χ4v) is 5.92. The number of rotatable bonds is 11. The summed E-state index contributed by atoms with van der Waals surface area (Å²) >= 11 is 6.36. The third-order valence-electron chi connectivity index (χ3n) is 6.46. The lowest BCUT2D eigenvalue weighted by Crippen LogP contribution is -2.53. The van der Waals surface area contributed by atoms with Crippen molar-refractivity contribution in [3.63, 3.8) is 0 Å². The molecule has 1 atom stereocenters. The Morgan fingerprint density at radius 3 is 2.19 bits per heavy atom. The van der Waals surface area contributed by atoms with Crippen molar-refractivity contribution in [1.82, 2.24) is 10.2 Å². The first-order valence-corrected chi connectivity index (χ1v) is 15.1. The van der Waals surface area contributed by atoms with Crippen molar-refractivity contribution in [1.29, 1.82) is 0 Å². The molecule has 1 N–H and O–H groups in total. The zero-order valence-electron chi connectivity index (χ0n) is 23.7. The highest BCUT2D eigenvalue weighted by molar-refractivity contribution is 7.92. The molecule has 3 rings (SSSR count). The number of hydrogen-bond donors (Lipinski definition) is 1. The van der Waals surface area contributed by atoms with Gasteiger partial charge in [-0.25, -0.2) is 8.42 Å².